The van der Waals surface area contributed by atoms with Crippen LogP contribution in [0.2, 0.25) is 0 Å². The molecule has 0 saturated carbocycles. The molecule has 0 aliphatic carbocycles. The van der Waals surface area contributed by atoms with Gasteiger partial charge in [0.05, 0.1) is 6.54 Å². The van der Waals surface area contributed by atoms with E-state index in [1.54, 1.807) is 36.4 Å². The van der Waals surface area contributed by atoms with Crippen molar-refractivity contribution in [3.63, 3.8) is 0 Å². The van der Waals surface area contributed by atoms with E-state index in [9.17, 15) is 14.8 Å². The van der Waals surface area contributed by atoms with Gasteiger partial charge < -0.3 is 5.73 Å². The highest BCUT2D eigenvalue weighted by Crippen LogP contribution is 2.22. The van der Waals surface area contributed by atoms with Crippen LogP contribution in [0.3, 0.4) is 0 Å². The Morgan fingerprint density at radius 1 is 0.889 bits per heavy atom. The van der Waals surface area contributed by atoms with Gasteiger partial charge in [-0.3, -0.25) is 14.8 Å². The molecule has 3 aromatic carbocycles. The Kier molecular flexibility index (Phi) is 5.69. The standard InChI is InChI=1S/C21H17BrN2O3/c22-19-9-7-14(8-10-19)13-24(27)21(26)18-6-2-4-16(12-18)15-3-1-5-17(11-15)20(23)25/h1-12,27H,13H2,(H2,23,25). The van der Waals surface area contributed by atoms with Crippen molar-refractivity contribution < 1.29 is 14.8 Å². The molecule has 6 heteroatoms. The van der Waals surface area contributed by atoms with Crippen LogP contribution in [0.4, 0.5) is 0 Å². The molecule has 0 heterocycles. The number of nitrogens with zero attached hydrogens (tertiary/aromatic N) is 1. The number of carbonyl (C=O) groups excluding carboxylic acids is 2. The highest BCUT2D eigenvalue weighted by Gasteiger charge is 2.15. The second-order valence-corrected chi connectivity index (χ2v) is 6.93. The van der Waals surface area contributed by atoms with Crippen molar-refractivity contribution in [3.05, 3.63) is 94.0 Å². The molecule has 3 rings (SSSR count). The minimum Gasteiger partial charge on any atom is -0.366 e. The van der Waals surface area contributed by atoms with Crippen LogP contribution in [0, 0.1) is 0 Å². The maximum absolute atomic E-state index is 12.6. The van der Waals surface area contributed by atoms with E-state index in [1.807, 2.05) is 36.4 Å². The maximum atomic E-state index is 12.6. The largest absolute Gasteiger partial charge is 0.366 e. The first-order valence-corrected chi connectivity index (χ1v) is 8.99. The van der Waals surface area contributed by atoms with Gasteiger partial charge in [0.2, 0.25) is 5.91 Å². The molecule has 5 nitrogen and oxygen atoms in total. The van der Waals surface area contributed by atoms with Crippen molar-refractivity contribution in [1.29, 1.82) is 0 Å². The van der Waals surface area contributed by atoms with Crippen LogP contribution >= 0.6 is 15.9 Å². The topological polar surface area (TPSA) is 83.6 Å². The molecule has 0 atom stereocenters. The van der Waals surface area contributed by atoms with E-state index in [0.717, 1.165) is 21.2 Å². The maximum Gasteiger partial charge on any atom is 0.277 e. The monoisotopic (exact) mass is 424 g/mol. The van der Waals surface area contributed by atoms with Crippen molar-refractivity contribution in [2.75, 3.05) is 0 Å². The number of rotatable bonds is 5. The molecule has 27 heavy (non-hydrogen) atoms. The van der Waals surface area contributed by atoms with Crippen LogP contribution in [-0.4, -0.2) is 22.1 Å². The van der Waals surface area contributed by atoms with Crippen LogP contribution in [0.1, 0.15) is 26.3 Å². The van der Waals surface area contributed by atoms with Gasteiger partial charge in [0.25, 0.3) is 5.91 Å². The lowest BCUT2D eigenvalue weighted by Crippen LogP contribution is -2.26. The molecule has 2 amide bonds. The van der Waals surface area contributed by atoms with E-state index in [-0.39, 0.29) is 6.54 Å². The number of carbonyl (C=O) groups is 2. The third kappa shape index (κ3) is 4.61. The fourth-order valence-corrected chi connectivity index (χ4v) is 2.93. The minimum atomic E-state index is -0.514. The summed E-state index contributed by atoms with van der Waals surface area (Å²) in [4.78, 5) is 23.9. The Hall–Kier alpha value is -2.96. The SMILES string of the molecule is NC(=O)c1cccc(-c2cccc(C(=O)N(O)Cc3ccc(Br)cc3)c2)c1. The fourth-order valence-electron chi connectivity index (χ4n) is 2.67. The molecule has 0 spiro atoms. The molecule has 0 aliphatic heterocycles. The number of hydrogen-bond donors (Lipinski definition) is 2. The first-order chi connectivity index (χ1) is 12.9. The number of amides is 2. The summed E-state index contributed by atoms with van der Waals surface area (Å²) in [5.41, 5.74) is 8.38. The van der Waals surface area contributed by atoms with Crippen LogP contribution in [0.15, 0.2) is 77.3 Å². The van der Waals surface area contributed by atoms with E-state index < -0.39 is 11.8 Å². The van der Waals surface area contributed by atoms with Gasteiger partial charge in [0, 0.05) is 15.6 Å². The summed E-state index contributed by atoms with van der Waals surface area (Å²) in [5, 5.41) is 10.9. The first-order valence-electron chi connectivity index (χ1n) is 8.19. The van der Waals surface area contributed by atoms with Crippen LogP contribution in [0.25, 0.3) is 11.1 Å². The molecule has 0 aliphatic rings. The van der Waals surface area contributed by atoms with Gasteiger partial charge in [0.1, 0.15) is 0 Å². The summed E-state index contributed by atoms with van der Waals surface area (Å²) in [7, 11) is 0. The van der Waals surface area contributed by atoms with Crippen molar-refractivity contribution >= 4 is 27.7 Å². The predicted molar refractivity (Wildman–Crippen MR) is 106 cm³/mol. The Balaban J connectivity index is 1.82. The van der Waals surface area contributed by atoms with E-state index >= 15 is 0 Å². The number of primary amides is 1. The quantitative estimate of drug-likeness (QED) is 0.474. The average molecular weight is 425 g/mol. The fraction of sp³-hybridized carbons (Fsp3) is 0.0476. The Bertz CT molecular complexity index is 987. The molecule has 0 aromatic heterocycles. The van der Waals surface area contributed by atoms with Gasteiger partial charge in [-0.25, -0.2) is 5.06 Å². The number of benzene rings is 3. The summed E-state index contributed by atoms with van der Waals surface area (Å²) >= 11 is 3.35. The summed E-state index contributed by atoms with van der Waals surface area (Å²) in [5.74, 6) is -1.02. The third-order valence-electron chi connectivity index (χ3n) is 4.07. The number of halogens is 1. The summed E-state index contributed by atoms with van der Waals surface area (Å²) in [6, 6.07) is 21.1. The van der Waals surface area contributed by atoms with E-state index in [4.69, 9.17) is 5.73 Å². The van der Waals surface area contributed by atoms with Crippen molar-refractivity contribution in [2.24, 2.45) is 5.73 Å². The molecular weight excluding hydrogens is 408 g/mol. The van der Waals surface area contributed by atoms with Gasteiger partial charge in [-0.05, 0) is 53.1 Å². The smallest absolute Gasteiger partial charge is 0.277 e. The molecule has 0 radical (unpaired) electrons. The Morgan fingerprint density at radius 3 is 2.04 bits per heavy atom. The lowest BCUT2D eigenvalue weighted by molar-refractivity contribution is -0.0648. The van der Waals surface area contributed by atoms with Gasteiger partial charge in [0.15, 0.2) is 0 Å². The van der Waals surface area contributed by atoms with Crippen LogP contribution in [0.5, 0.6) is 0 Å². The lowest BCUT2D eigenvalue weighted by Gasteiger charge is -2.16. The number of hydrogen-bond acceptors (Lipinski definition) is 3. The molecule has 136 valence electrons. The minimum absolute atomic E-state index is 0.0769. The number of hydroxylamine groups is 2. The zero-order valence-electron chi connectivity index (χ0n) is 14.3. The van der Waals surface area contributed by atoms with Crippen molar-refractivity contribution in [3.8, 4) is 11.1 Å². The molecule has 0 unspecified atom stereocenters. The lowest BCUT2D eigenvalue weighted by atomic mass is 10.0. The van der Waals surface area contributed by atoms with E-state index in [2.05, 4.69) is 15.9 Å². The van der Waals surface area contributed by atoms with Crippen LogP contribution in [-0.2, 0) is 6.54 Å². The Morgan fingerprint density at radius 2 is 1.44 bits per heavy atom. The average Bonchev–Trinajstić information content (AvgIpc) is 2.69. The summed E-state index contributed by atoms with van der Waals surface area (Å²) < 4.78 is 0.924. The van der Waals surface area contributed by atoms with Gasteiger partial charge in [-0.15, -0.1) is 0 Å². The van der Waals surface area contributed by atoms with Gasteiger partial charge in [-0.1, -0.05) is 52.3 Å². The Labute approximate surface area is 165 Å². The van der Waals surface area contributed by atoms with E-state index in [0.29, 0.717) is 16.2 Å². The normalized spacial score (nSPS) is 10.4. The molecule has 3 N–H and O–H groups in total. The summed E-state index contributed by atoms with van der Waals surface area (Å²) in [6.45, 7) is 0.0769. The second-order valence-electron chi connectivity index (χ2n) is 6.02. The molecule has 3 aromatic rings. The summed E-state index contributed by atoms with van der Waals surface area (Å²) in [6.07, 6.45) is 0. The molecule has 0 saturated heterocycles. The van der Waals surface area contributed by atoms with E-state index in [1.165, 1.54) is 0 Å². The predicted octanol–water partition coefficient (Wildman–Crippen LogP) is 4.25. The van der Waals surface area contributed by atoms with Crippen LogP contribution < -0.4 is 5.73 Å². The highest BCUT2D eigenvalue weighted by molar-refractivity contribution is 9.10. The van der Waals surface area contributed by atoms with Crippen molar-refractivity contribution in [2.45, 2.75) is 6.54 Å². The third-order valence-corrected chi connectivity index (χ3v) is 4.60. The number of nitrogens with two attached hydrogens (primary N) is 1. The second kappa shape index (κ2) is 8.16. The molecule has 0 bridgehead atoms. The highest BCUT2D eigenvalue weighted by atomic mass is 79.9. The zero-order chi connectivity index (χ0) is 19.4. The first kappa shape index (κ1) is 18.8. The molecular formula is C21H17BrN2O3. The zero-order valence-corrected chi connectivity index (χ0v) is 15.9. The van der Waals surface area contributed by atoms with Crippen molar-refractivity contribution in [1.82, 2.24) is 5.06 Å². The van der Waals surface area contributed by atoms with Gasteiger partial charge >= 0.3 is 0 Å². The molecule has 0 fully saturated rings. The van der Waals surface area contributed by atoms with Gasteiger partial charge in [-0.2, -0.15) is 0 Å².